The average molecular weight is 317 g/mol. The molecule has 1 aromatic heterocycles. The maximum absolute atomic E-state index is 10.6. The quantitative estimate of drug-likeness (QED) is 0.329. The molecule has 0 N–H and O–H groups in total. The third-order valence-electron chi connectivity index (χ3n) is 1.41. The molecule has 1 heterocycles. The van der Waals surface area contributed by atoms with Gasteiger partial charge in [0.15, 0.2) is 0 Å². The number of pyridine rings is 1. The van der Waals surface area contributed by atoms with Crippen LogP contribution in [0.3, 0.4) is 0 Å². The summed E-state index contributed by atoms with van der Waals surface area (Å²) in [4.78, 5) is 14.2. The second-order valence-electron chi connectivity index (χ2n) is 2.38. The van der Waals surface area contributed by atoms with E-state index in [1.807, 2.05) is 0 Å². The van der Waals surface area contributed by atoms with E-state index in [-0.39, 0.29) is 68.4 Å². The topological polar surface area (TPSA) is 93.2 Å². The molecule has 0 saturated carbocycles. The van der Waals surface area contributed by atoms with Crippen LogP contribution in [0.4, 0.5) is 0 Å². The first kappa shape index (κ1) is 15.8. The van der Waals surface area contributed by atoms with Gasteiger partial charge in [-0.15, -0.1) is 0 Å². The molecule has 1 unspecified atom stereocenters. The Morgan fingerprint density at radius 3 is 2.60 bits per heavy atom. The van der Waals surface area contributed by atoms with E-state index in [0.29, 0.717) is 4.60 Å². The SMILES string of the molecule is O=C([O-])c1nc(Br)ccc1CS(=O)[O-].[K+]. The summed E-state index contributed by atoms with van der Waals surface area (Å²) in [7, 11) is 0. The van der Waals surface area contributed by atoms with Gasteiger partial charge in [0.1, 0.15) is 4.60 Å². The van der Waals surface area contributed by atoms with Crippen molar-refractivity contribution in [3.05, 3.63) is 28.0 Å². The molecule has 0 fully saturated rings. The Labute approximate surface area is 140 Å². The molecule has 8 heteroatoms. The van der Waals surface area contributed by atoms with Gasteiger partial charge < -0.3 is 14.5 Å². The molecule has 0 aliphatic rings. The minimum absolute atomic E-state index is 0. The molecule has 0 bridgehead atoms. The smallest absolute Gasteiger partial charge is 0.772 e. The van der Waals surface area contributed by atoms with Crippen LogP contribution >= 0.6 is 15.9 Å². The van der Waals surface area contributed by atoms with E-state index in [0.717, 1.165) is 0 Å². The zero-order valence-corrected chi connectivity index (χ0v) is 13.3. The molecule has 0 aliphatic carbocycles. The van der Waals surface area contributed by atoms with Gasteiger partial charge >= 0.3 is 51.4 Å². The third kappa shape index (κ3) is 5.13. The van der Waals surface area contributed by atoms with E-state index < -0.39 is 17.0 Å². The second kappa shape index (κ2) is 7.23. The minimum atomic E-state index is -2.35. The van der Waals surface area contributed by atoms with E-state index in [2.05, 4.69) is 20.9 Å². The first-order chi connectivity index (χ1) is 6.50. The van der Waals surface area contributed by atoms with Gasteiger partial charge in [0.05, 0.1) is 11.7 Å². The monoisotopic (exact) mass is 316 g/mol. The summed E-state index contributed by atoms with van der Waals surface area (Å²) in [6, 6.07) is 2.84. The zero-order valence-electron chi connectivity index (χ0n) is 7.73. The largest absolute Gasteiger partial charge is 1.00 e. The molecule has 76 valence electrons. The van der Waals surface area contributed by atoms with Crippen LogP contribution in [0.2, 0.25) is 0 Å². The van der Waals surface area contributed by atoms with Crippen LogP contribution < -0.4 is 56.5 Å². The van der Waals surface area contributed by atoms with Crippen LogP contribution in [-0.2, 0) is 16.8 Å². The van der Waals surface area contributed by atoms with Crippen molar-refractivity contribution in [1.82, 2.24) is 4.98 Å². The van der Waals surface area contributed by atoms with Crippen molar-refractivity contribution < 1.29 is 70.0 Å². The Morgan fingerprint density at radius 2 is 2.13 bits per heavy atom. The molecule has 15 heavy (non-hydrogen) atoms. The Hall–Kier alpha value is 0.846. The number of carbonyl (C=O) groups is 1. The predicted molar refractivity (Wildman–Crippen MR) is 48.9 cm³/mol. The molecule has 5 nitrogen and oxygen atoms in total. The van der Waals surface area contributed by atoms with Crippen molar-refractivity contribution in [2.45, 2.75) is 5.75 Å². The summed E-state index contributed by atoms with van der Waals surface area (Å²) in [5.41, 5.74) is -0.245. The molecule has 1 rings (SSSR count). The average Bonchev–Trinajstić information content (AvgIpc) is 2.07. The normalized spacial score (nSPS) is 11.6. The number of carboxylic acids is 1. The van der Waals surface area contributed by atoms with Crippen molar-refractivity contribution in [1.29, 1.82) is 0 Å². The number of aromatic nitrogens is 1. The molecule has 0 aromatic carbocycles. The summed E-state index contributed by atoms with van der Waals surface area (Å²) in [6.45, 7) is 0. The first-order valence-electron chi connectivity index (χ1n) is 3.43. The fraction of sp³-hybridized carbons (Fsp3) is 0.143. The van der Waals surface area contributed by atoms with Crippen LogP contribution in [0.1, 0.15) is 16.1 Å². The second-order valence-corrected chi connectivity index (χ2v) is 4.09. The Kier molecular flexibility index (Phi) is 7.63. The van der Waals surface area contributed by atoms with E-state index in [4.69, 9.17) is 0 Å². The van der Waals surface area contributed by atoms with Gasteiger partial charge in [-0.2, -0.15) is 0 Å². The summed E-state index contributed by atoms with van der Waals surface area (Å²) < 4.78 is 21.1. The molecule has 1 atom stereocenters. The van der Waals surface area contributed by atoms with Crippen LogP contribution in [-0.4, -0.2) is 19.7 Å². The molecule has 0 spiro atoms. The number of rotatable bonds is 3. The van der Waals surface area contributed by atoms with Gasteiger partial charge in [-0.3, -0.25) is 4.21 Å². The fourth-order valence-corrected chi connectivity index (χ4v) is 1.68. The Balaban J connectivity index is 0.00000196. The molecule has 1 aromatic rings. The molecular formula is C7H4BrKNO4S-. The molecular weight excluding hydrogens is 313 g/mol. The molecule has 0 aliphatic heterocycles. The van der Waals surface area contributed by atoms with Crippen molar-refractivity contribution in [2.24, 2.45) is 0 Å². The van der Waals surface area contributed by atoms with Crippen LogP contribution in [0.25, 0.3) is 0 Å². The number of carbonyl (C=O) groups excluding carboxylic acids is 1. The standard InChI is InChI=1S/C7H6BrNO4S.K/c8-5-2-1-4(3-14(12)13)6(9-5)7(10)11;/h1-2H,3H2,(H,10,11)(H,12,13);/q;+1/p-2. The number of halogens is 1. The van der Waals surface area contributed by atoms with Crippen molar-refractivity contribution >= 4 is 33.0 Å². The van der Waals surface area contributed by atoms with Gasteiger partial charge in [0.2, 0.25) is 0 Å². The van der Waals surface area contributed by atoms with Crippen LogP contribution in [0.15, 0.2) is 16.7 Å². The summed E-state index contributed by atoms with van der Waals surface area (Å²) >= 11 is 0.628. The number of aromatic carboxylic acids is 1. The third-order valence-corrected chi connectivity index (χ3v) is 2.40. The molecule has 0 amide bonds. The fourth-order valence-electron chi connectivity index (χ4n) is 0.884. The Bertz CT molecular complexity index is 401. The zero-order chi connectivity index (χ0) is 10.7. The maximum atomic E-state index is 10.6. The number of nitrogens with zero attached hydrogens (tertiary/aromatic N) is 1. The van der Waals surface area contributed by atoms with Gasteiger partial charge in [0, 0.05) is 5.75 Å². The predicted octanol–water partition coefficient (Wildman–Crippen LogP) is -3.41. The summed E-state index contributed by atoms with van der Waals surface area (Å²) in [5, 5.41) is 10.6. The summed E-state index contributed by atoms with van der Waals surface area (Å²) in [6.07, 6.45) is 0. The van der Waals surface area contributed by atoms with Gasteiger partial charge in [0.25, 0.3) is 0 Å². The van der Waals surface area contributed by atoms with Crippen molar-refractivity contribution in [3.63, 3.8) is 0 Å². The number of hydrogen-bond acceptors (Lipinski definition) is 5. The van der Waals surface area contributed by atoms with Gasteiger partial charge in [-0.25, -0.2) is 4.98 Å². The van der Waals surface area contributed by atoms with Gasteiger partial charge in [-0.1, -0.05) is 17.1 Å². The van der Waals surface area contributed by atoms with E-state index >= 15 is 0 Å². The van der Waals surface area contributed by atoms with E-state index in [1.165, 1.54) is 12.1 Å². The number of hydrogen-bond donors (Lipinski definition) is 0. The minimum Gasteiger partial charge on any atom is -0.772 e. The molecule has 0 radical (unpaired) electrons. The first-order valence-corrected chi connectivity index (χ1v) is 5.47. The maximum Gasteiger partial charge on any atom is 1.00 e. The van der Waals surface area contributed by atoms with Crippen molar-refractivity contribution in [2.75, 3.05) is 0 Å². The van der Waals surface area contributed by atoms with Crippen LogP contribution in [0, 0.1) is 0 Å². The number of carboxylic acid groups (broad SMARTS) is 1. The van der Waals surface area contributed by atoms with E-state index in [9.17, 15) is 18.7 Å². The Morgan fingerprint density at radius 1 is 1.53 bits per heavy atom. The summed E-state index contributed by atoms with van der Waals surface area (Å²) in [5.74, 6) is -1.88. The van der Waals surface area contributed by atoms with Crippen LogP contribution in [0.5, 0.6) is 0 Å². The van der Waals surface area contributed by atoms with Crippen molar-refractivity contribution in [3.8, 4) is 0 Å². The molecule has 0 saturated heterocycles. The van der Waals surface area contributed by atoms with Gasteiger partial charge in [-0.05, 0) is 27.6 Å². The van der Waals surface area contributed by atoms with E-state index in [1.54, 1.807) is 0 Å².